The zero-order valence-corrected chi connectivity index (χ0v) is 16.6. The Morgan fingerprint density at radius 1 is 1.26 bits per heavy atom. The van der Waals surface area contributed by atoms with E-state index in [1.54, 1.807) is 35.0 Å². The average Bonchev–Trinajstić information content (AvgIpc) is 3.33. The quantitative estimate of drug-likeness (QED) is 0.672. The van der Waals surface area contributed by atoms with Gasteiger partial charge in [0.05, 0.1) is 6.04 Å². The number of hydrogen-bond donors (Lipinski definition) is 1. The fourth-order valence-electron chi connectivity index (χ4n) is 2.82. The first-order valence-electron chi connectivity index (χ1n) is 8.89. The molecule has 27 heavy (non-hydrogen) atoms. The summed E-state index contributed by atoms with van der Waals surface area (Å²) in [6, 6.07) is 5.72. The van der Waals surface area contributed by atoms with E-state index in [1.807, 2.05) is 35.1 Å². The molecule has 0 aromatic carbocycles. The Labute approximate surface area is 163 Å². The number of carbonyl (C=O) groups excluding carboxylic acids is 1. The number of pyridine rings is 1. The Morgan fingerprint density at radius 2 is 2.07 bits per heavy atom. The molecule has 3 aromatic heterocycles. The van der Waals surface area contributed by atoms with Gasteiger partial charge in [-0.1, -0.05) is 6.07 Å². The number of thiophene rings is 1. The molecule has 0 aliphatic rings. The summed E-state index contributed by atoms with van der Waals surface area (Å²) >= 11 is 1.62. The van der Waals surface area contributed by atoms with Gasteiger partial charge in [-0.3, -0.25) is 4.98 Å². The number of hydrogen-bond acceptors (Lipinski definition) is 5. The van der Waals surface area contributed by atoms with E-state index in [-0.39, 0.29) is 18.1 Å². The van der Waals surface area contributed by atoms with Crippen LogP contribution >= 0.6 is 11.3 Å². The van der Waals surface area contributed by atoms with Gasteiger partial charge in [-0.05, 0) is 54.8 Å². The zero-order valence-electron chi connectivity index (χ0n) is 15.7. The molecule has 2 amide bonds. The topological polar surface area (TPSA) is 75.9 Å². The summed E-state index contributed by atoms with van der Waals surface area (Å²) in [5.74, 6) is 0.746. The molecule has 0 unspecified atom stereocenters. The maximum atomic E-state index is 13.0. The van der Waals surface area contributed by atoms with E-state index < -0.39 is 0 Å². The van der Waals surface area contributed by atoms with Gasteiger partial charge in [0.1, 0.15) is 6.33 Å². The molecular formula is C19H24N6OS. The number of nitrogens with one attached hydrogen (secondary N) is 1. The van der Waals surface area contributed by atoms with Crippen molar-refractivity contribution < 1.29 is 4.79 Å². The van der Waals surface area contributed by atoms with Gasteiger partial charge >= 0.3 is 6.03 Å². The van der Waals surface area contributed by atoms with Crippen molar-refractivity contribution in [3.63, 3.8) is 0 Å². The molecule has 3 rings (SSSR count). The third-order valence-corrected chi connectivity index (χ3v) is 4.95. The van der Waals surface area contributed by atoms with Crippen LogP contribution in [0.1, 0.15) is 49.8 Å². The number of aromatic nitrogens is 4. The predicted molar refractivity (Wildman–Crippen MR) is 105 cm³/mol. The fraction of sp³-hybridized carbons (Fsp3) is 0.368. The number of carbonyl (C=O) groups is 1. The highest BCUT2D eigenvalue weighted by atomic mass is 32.1. The molecule has 0 radical (unpaired) electrons. The van der Waals surface area contributed by atoms with Crippen LogP contribution in [-0.4, -0.2) is 30.7 Å². The lowest BCUT2D eigenvalue weighted by Crippen LogP contribution is -2.40. The summed E-state index contributed by atoms with van der Waals surface area (Å²) < 4.78 is 1.97. The number of rotatable bonds is 7. The van der Waals surface area contributed by atoms with E-state index in [1.165, 1.54) is 0 Å². The molecule has 0 aliphatic heterocycles. The van der Waals surface area contributed by atoms with Crippen LogP contribution in [0, 0.1) is 0 Å². The molecule has 7 nitrogen and oxygen atoms in total. The van der Waals surface area contributed by atoms with Crippen LogP contribution in [0.25, 0.3) is 0 Å². The van der Waals surface area contributed by atoms with Crippen molar-refractivity contribution in [3.8, 4) is 0 Å². The molecule has 0 aliphatic carbocycles. The minimum absolute atomic E-state index is 0.143. The predicted octanol–water partition coefficient (Wildman–Crippen LogP) is 3.79. The van der Waals surface area contributed by atoms with Crippen molar-refractivity contribution in [2.24, 2.45) is 0 Å². The van der Waals surface area contributed by atoms with Crippen LogP contribution < -0.4 is 5.32 Å². The second-order valence-corrected chi connectivity index (χ2v) is 7.49. The minimum Gasteiger partial charge on any atom is -0.328 e. The SMILES string of the molecule is CC(C)n1cnnc1[C@@H](C)NC(=O)N(Cc1cccnc1)Cc1ccsc1. The Kier molecular flexibility index (Phi) is 6.18. The van der Waals surface area contributed by atoms with E-state index in [0.29, 0.717) is 13.1 Å². The standard InChI is InChI=1S/C19H24N6OS/c1-14(2)25-13-21-23-18(25)15(3)22-19(26)24(11-17-6-8-27-12-17)10-16-5-4-7-20-9-16/h4-9,12-15H,10-11H2,1-3H3,(H,22,26)/t15-/m1/s1. The van der Waals surface area contributed by atoms with Gasteiger partial charge in [-0.25, -0.2) is 4.79 Å². The minimum atomic E-state index is -0.249. The van der Waals surface area contributed by atoms with Crippen molar-refractivity contribution in [1.29, 1.82) is 0 Å². The maximum absolute atomic E-state index is 13.0. The van der Waals surface area contributed by atoms with Gasteiger partial charge in [0.2, 0.25) is 0 Å². The molecule has 8 heteroatoms. The molecule has 0 saturated heterocycles. The first-order valence-corrected chi connectivity index (χ1v) is 9.83. The summed E-state index contributed by atoms with van der Waals surface area (Å²) in [7, 11) is 0. The van der Waals surface area contributed by atoms with Gasteiger partial charge in [-0.2, -0.15) is 11.3 Å². The van der Waals surface area contributed by atoms with E-state index in [9.17, 15) is 4.79 Å². The molecule has 0 bridgehead atoms. The van der Waals surface area contributed by atoms with Gasteiger partial charge < -0.3 is 14.8 Å². The fourth-order valence-corrected chi connectivity index (χ4v) is 3.47. The highest BCUT2D eigenvalue weighted by Crippen LogP contribution is 2.17. The third kappa shape index (κ3) is 4.91. The molecule has 0 spiro atoms. The third-order valence-electron chi connectivity index (χ3n) is 4.22. The van der Waals surface area contributed by atoms with Crippen LogP contribution in [0.5, 0.6) is 0 Å². The van der Waals surface area contributed by atoms with E-state index >= 15 is 0 Å². The van der Waals surface area contributed by atoms with Crippen LogP contribution in [0.2, 0.25) is 0 Å². The van der Waals surface area contributed by atoms with Gasteiger partial charge in [-0.15, -0.1) is 10.2 Å². The summed E-state index contributed by atoms with van der Waals surface area (Å²) in [6.07, 6.45) is 5.21. The largest absolute Gasteiger partial charge is 0.328 e. The van der Waals surface area contributed by atoms with Crippen molar-refractivity contribution in [1.82, 2.24) is 30.0 Å². The average molecular weight is 385 g/mol. The molecule has 1 atom stereocenters. The van der Waals surface area contributed by atoms with Crippen molar-refractivity contribution in [2.45, 2.75) is 45.9 Å². The summed E-state index contributed by atoms with van der Waals surface area (Å²) in [4.78, 5) is 18.9. The number of nitrogens with zero attached hydrogens (tertiary/aromatic N) is 5. The first-order chi connectivity index (χ1) is 13.0. The highest BCUT2D eigenvalue weighted by molar-refractivity contribution is 7.07. The van der Waals surface area contributed by atoms with Crippen molar-refractivity contribution >= 4 is 17.4 Å². The van der Waals surface area contributed by atoms with E-state index in [4.69, 9.17) is 0 Å². The molecule has 1 N–H and O–H groups in total. The van der Waals surface area contributed by atoms with Crippen LogP contribution in [0.3, 0.4) is 0 Å². The van der Waals surface area contributed by atoms with Gasteiger partial charge in [0.15, 0.2) is 5.82 Å². The second kappa shape index (κ2) is 8.77. The van der Waals surface area contributed by atoms with Crippen molar-refractivity contribution in [3.05, 3.63) is 64.6 Å². The van der Waals surface area contributed by atoms with Crippen LogP contribution in [0.15, 0.2) is 47.7 Å². The first kappa shape index (κ1) is 19.0. The van der Waals surface area contributed by atoms with E-state index in [2.05, 4.69) is 39.7 Å². The summed E-state index contributed by atoms with van der Waals surface area (Å²) in [5.41, 5.74) is 2.10. The molecule has 3 aromatic rings. The lowest BCUT2D eigenvalue weighted by atomic mass is 10.2. The summed E-state index contributed by atoms with van der Waals surface area (Å²) in [5, 5.41) is 15.3. The van der Waals surface area contributed by atoms with Gasteiger partial charge in [0.25, 0.3) is 0 Å². The second-order valence-electron chi connectivity index (χ2n) is 6.71. The van der Waals surface area contributed by atoms with Gasteiger partial charge in [0, 0.05) is 31.5 Å². The van der Waals surface area contributed by atoms with Crippen LogP contribution in [0.4, 0.5) is 4.79 Å². The van der Waals surface area contributed by atoms with E-state index in [0.717, 1.165) is 17.0 Å². The number of amides is 2. The molecule has 142 valence electrons. The van der Waals surface area contributed by atoms with Crippen molar-refractivity contribution in [2.75, 3.05) is 0 Å². The lowest BCUT2D eigenvalue weighted by Gasteiger charge is -2.25. The smallest absolute Gasteiger partial charge is 0.318 e. The Bertz CT molecular complexity index is 846. The summed E-state index contributed by atoms with van der Waals surface area (Å²) in [6.45, 7) is 7.07. The monoisotopic (exact) mass is 384 g/mol. The number of urea groups is 1. The maximum Gasteiger partial charge on any atom is 0.318 e. The zero-order chi connectivity index (χ0) is 19.2. The normalized spacial score (nSPS) is 12.1. The van der Waals surface area contributed by atoms with Crippen LogP contribution in [-0.2, 0) is 13.1 Å². The molecular weight excluding hydrogens is 360 g/mol. The lowest BCUT2D eigenvalue weighted by molar-refractivity contribution is 0.188. The Morgan fingerprint density at radius 3 is 2.74 bits per heavy atom. The Balaban J connectivity index is 1.74. The highest BCUT2D eigenvalue weighted by Gasteiger charge is 2.21. The molecule has 0 fully saturated rings. The Hall–Kier alpha value is -2.74. The molecule has 3 heterocycles. The molecule has 0 saturated carbocycles.